The summed E-state index contributed by atoms with van der Waals surface area (Å²) >= 11 is 6.41. The molecule has 5 aliphatic rings. The molecular formula is C13H16ClNO. The number of fused-ring (bicyclic) bond motifs is 2. The summed E-state index contributed by atoms with van der Waals surface area (Å²) in [5, 5.41) is 0. The number of hydrogen-bond acceptors (Lipinski definition) is 2. The summed E-state index contributed by atoms with van der Waals surface area (Å²) in [6.07, 6.45) is 11.7. The van der Waals surface area contributed by atoms with Gasteiger partial charge in [-0.3, -0.25) is 0 Å². The number of allylic oxidation sites excluding steroid dienone is 2. The van der Waals surface area contributed by atoms with Gasteiger partial charge in [0.15, 0.2) is 0 Å². The molecule has 2 aliphatic carbocycles. The molecule has 4 fully saturated rings. The standard InChI is InChI=1S/C13H16ClNO/c14-15-7-10-3-4-11(15)13-6-2-1-5-12(10,13)8-16-9-13/h1-2,5-6,10-11H,3-4,7-9H2/t10?,11-,12?,13+/m1/s1. The molecule has 0 aromatic heterocycles. The van der Waals surface area contributed by atoms with Gasteiger partial charge in [-0.25, -0.2) is 4.42 Å². The number of ether oxygens (including phenoxy) is 1. The van der Waals surface area contributed by atoms with E-state index in [0.29, 0.717) is 12.0 Å². The molecule has 0 radical (unpaired) electrons. The average molecular weight is 238 g/mol. The second-order valence-electron chi connectivity index (χ2n) is 5.66. The molecule has 0 spiro atoms. The third kappa shape index (κ3) is 0.858. The van der Waals surface area contributed by atoms with Crippen LogP contribution in [0.4, 0.5) is 0 Å². The molecule has 16 heavy (non-hydrogen) atoms. The lowest BCUT2D eigenvalue weighted by Gasteiger charge is -2.61. The Hall–Kier alpha value is -0.310. The number of hydrogen-bond donors (Lipinski definition) is 0. The predicted octanol–water partition coefficient (Wildman–Crippen LogP) is 2.36. The van der Waals surface area contributed by atoms with Gasteiger partial charge in [0.25, 0.3) is 0 Å². The Kier molecular flexibility index (Phi) is 1.77. The van der Waals surface area contributed by atoms with Gasteiger partial charge in [-0.1, -0.05) is 24.3 Å². The fourth-order valence-corrected chi connectivity index (χ4v) is 4.96. The molecule has 5 rings (SSSR count). The van der Waals surface area contributed by atoms with Crippen molar-refractivity contribution in [3.8, 4) is 0 Å². The number of nitrogens with zero attached hydrogens (tertiary/aromatic N) is 1. The van der Waals surface area contributed by atoms with Crippen molar-refractivity contribution in [2.24, 2.45) is 16.7 Å². The molecule has 0 aromatic rings. The first-order chi connectivity index (χ1) is 7.79. The van der Waals surface area contributed by atoms with Crippen LogP contribution in [0.2, 0.25) is 0 Å². The van der Waals surface area contributed by atoms with Crippen molar-refractivity contribution in [2.75, 3.05) is 19.8 Å². The molecule has 3 aliphatic heterocycles. The molecule has 4 atom stereocenters. The van der Waals surface area contributed by atoms with Crippen molar-refractivity contribution in [3.63, 3.8) is 0 Å². The first-order valence-corrected chi connectivity index (χ1v) is 6.50. The first kappa shape index (κ1) is 9.69. The molecule has 86 valence electrons. The Morgan fingerprint density at radius 1 is 1.12 bits per heavy atom. The van der Waals surface area contributed by atoms with Crippen LogP contribution >= 0.6 is 11.8 Å². The highest BCUT2D eigenvalue weighted by molar-refractivity contribution is 6.13. The van der Waals surface area contributed by atoms with Gasteiger partial charge in [0.2, 0.25) is 0 Å². The Morgan fingerprint density at radius 3 is 2.69 bits per heavy atom. The van der Waals surface area contributed by atoms with Crippen LogP contribution in [-0.2, 0) is 4.74 Å². The quantitative estimate of drug-likeness (QED) is 0.600. The van der Waals surface area contributed by atoms with Crippen molar-refractivity contribution < 1.29 is 4.74 Å². The van der Waals surface area contributed by atoms with Crippen molar-refractivity contribution in [1.29, 1.82) is 0 Å². The van der Waals surface area contributed by atoms with Gasteiger partial charge in [0.1, 0.15) is 0 Å². The zero-order valence-electron chi connectivity index (χ0n) is 9.23. The lowest BCUT2D eigenvalue weighted by atomic mass is 9.48. The minimum atomic E-state index is 0.157. The lowest BCUT2D eigenvalue weighted by Crippen LogP contribution is -2.65. The molecule has 2 unspecified atom stereocenters. The molecule has 2 nitrogen and oxygen atoms in total. The minimum absolute atomic E-state index is 0.157. The minimum Gasteiger partial charge on any atom is -0.379 e. The summed E-state index contributed by atoms with van der Waals surface area (Å²) < 4.78 is 7.91. The van der Waals surface area contributed by atoms with E-state index in [0.717, 1.165) is 19.8 Å². The third-order valence-corrected chi connectivity index (χ3v) is 5.67. The monoisotopic (exact) mass is 237 g/mol. The second kappa shape index (κ2) is 2.92. The Morgan fingerprint density at radius 2 is 1.88 bits per heavy atom. The summed E-state index contributed by atoms with van der Waals surface area (Å²) in [6.45, 7) is 2.76. The van der Waals surface area contributed by atoms with E-state index in [2.05, 4.69) is 24.3 Å². The van der Waals surface area contributed by atoms with E-state index in [4.69, 9.17) is 16.5 Å². The summed E-state index contributed by atoms with van der Waals surface area (Å²) in [4.78, 5) is 0. The van der Waals surface area contributed by atoms with Crippen molar-refractivity contribution >= 4 is 11.8 Å². The van der Waals surface area contributed by atoms with Gasteiger partial charge in [-0.15, -0.1) is 0 Å². The van der Waals surface area contributed by atoms with Gasteiger partial charge in [-0.2, -0.15) is 0 Å². The summed E-state index contributed by atoms with van der Waals surface area (Å²) in [5.74, 6) is 0.665. The van der Waals surface area contributed by atoms with E-state index in [9.17, 15) is 0 Å². The topological polar surface area (TPSA) is 12.5 Å². The normalized spacial score (nSPS) is 54.1. The van der Waals surface area contributed by atoms with E-state index >= 15 is 0 Å². The Balaban J connectivity index is 1.93. The van der Waals surface area contributed by atoms with Gasteiger partial charge < -0.3 is 4.74 Å². The zero-order valence-corrected chi connectivity index (χ0v) is 9.99. The summed E-state index contributed by atoms with van der Waals surface area (Å²) in [6, 6.07) is 0.461. The van der Waals surface area contributed by atoms with Crippen LogP contribution < -0.4 is 0 Å². The number of halogens is 1. The molecule has 3 saturated heterocycles. The predicted molar refractivity (Wildman–Crippen MR) is 63.0 cm³/mol. The van der Waals surface area contributed by atoms with Crippen molar-refractivity contribution in [1.82, 2.24) is 4.42 Å². The maximum absolute atomic E-state index is 6.41. The van der Waals surface area contributed by atoms with Crippen LogP contribution in [0.1, 0.15) is 12.8 Å². The van der Waals surface area contributed by atoms with E-state index in [1.54, 1.807) is 0 Å². The second-order valence-corrected chi connectivity index (χ2v) is 6.10. The van der Waals surface area contributed by atoms with Crippen LogP contribution in [0.15, 0.2) is 24.3 Å². The maximum Gasteiger partial charge on any atom is 0.0582 e. The fourth-order valence-electron chi connectivity index (χ4n) is 4.53. The lowest BCUT2D eigenvalue weighted by molar-refractivity contribution is -0.0668. The summed E-state index contributed by atoms with van der Waals surface area (Å²) in [5.41, 5.74) is 0.403. The zero-order chi connectivity index (χ0) is 10.8. The largest absolute Gasteiger partial charge is 0.379 e. The molecule has 3 heteroatoms. The van der Waals surface area contributed by atoms with Crippen LogP contribution in [0, 0.1) is 16.7 Å². The molecule has 0 N–H and O–H groups in total. The molecule has 0 amide bonds. The van der Waals surface area contributed by atoms with Gasteiger partial charge >= 0.3 is 0 Å². The van der Waals surface area contributed by atoms with E-state index in [1.165, 1.54) is 12.8 Å². The molecule has 2 bridgehead atoms. The van der Waals surface area contributed by atoms with Crippen LogP contribution in [0.3, 0.4) is 0 Å². The highest BCUT2D eigenvalue weighted by Gasteiger charge is 2.67. The molecule has 1 saturated carbocycles. The van der Waals surface area contributed by atoms with Crippen molar-refractivity contribution in [3.05, 3.63) is 24.3 Å². The summed E-state index contributed by atoms with van der Waals surface area (Å²) in [7, 11) is 0. The maximum atomic E-state index is 6.41. The molecule has 0 aromatic carbocycles. The van der Waals surface area contributed by atoms with Crippen LogP contribution in [0.5, 0.6) is 0 Å². The highest BCUT2D eigenvalue weighted by atomic mass is 35.5. The number of piperidine rings is 2. The van der Waals surface area contributed by atoms with Gasteiger partial charge in [0, 0.05) is 23.4 Å². The van der Waals surface area contributed by atoms with E-state index in [-0.39, 0.29) is 10.8 Å². The van der Waals surface area contributed by atoms with E-state index in [1.807, 2.05) is 4.42 Å². The first-order valence-electron chi connectivity index (χ1n) is 6.16. The number of rotatable bonds is 0. The highest BCUT2D eigenvalue weighted by Crippen LogP contribution is 2.64. The smallest absolute Gasteiger partial charge is 0.0582 e. The Labute approximate surface area is 101 Å². The third-order valence-electron chi connectivity index (χ3n) is 5.29. The molecule has 3 heterocycles. The van der Waals surface area contributed by atoms with Crippen molar-refractivity contribution in [2.45, 2.75) is 18.9 Å². The van der Waals surface area contributed by atoms with Gasteiger partial charge in [0.05, 0.1) is 13.2 Å². The fraction of sp³-hybridized carbons (Fsp3) is 0.692. The van der Waals surface area contributed by atoms with Crippen LogP contribution in [0.25, 0.3) is 0 Å². The Bertz CT molecular complexity index is 393. The van der Waals surface area contributed by atoms with E-state index < -0.39 is 0 Å². The average Bonchev–Trinajstić information content (AvgIpc) is 2.71. The van der Waals surface area contributed by atoms with Crippen LogP contribution in [-0.4, -0.2) is 30.2 Å². The SMILES string of the molecule is ClN1CC2CC[C@@H]1[C@@]13C=CC=CC21COC3. The molecular weight excluding hydrogens is 222 g/mol. The van der Waals surface area contributed by atoms with Gasteiger partial charge in [-0.05, 0) is 30.5 Å².